The predicted octanol–water partition coefficient (Wildman–Crippen LogP) is 1.89. The van der Waals surface area contributed by atoms with Gasteiger partial charge in [-0.2, -0.15) is 0 Å². The van der Waals surface area contributed by atoms with E-state index in [4.69, 9.17) is 9.47 Å². The second kappa shape index (κ2) is 6.42. The molecule has 1 rings (SSSR count). The number of hydrogen-bond acceptors (Lipinski definition) is 4. The van der Waals surface area contributed by atoms with Gasteiger partial charge in [-0.1, -0.05) is 33.6 Å². The second-order valence-corrected chi connectivity index (χ2v) is 4.34. The third kappa shape index (κ3) is 3.32. The molecule has 17 heavy (non-hydrogen) atoms. The first kappa shape index (κ1) is 13.7. The van der Waals surface area contributed by atoms with E-state index in [0.29, 0.717) is 19.1 Å². The van der Waals surface area contributed by atoms with Crippen molar-refractivity contribution in [2.24, 2.45) is 5.92 Å². The summed E-state index contributed by atoms with van der Waals surface area (Å²) >= 11 is 0. The fraction of sp³-hybridized carbons (Fsp3) is 0.692. The van der Waals surface area contributed by atoms with Crippen molar-refractivity contribution in [1.82, 2.24) is 0 Å². The van der Waals surface area contributed by atoms with Crippen LogP contribution >= 0.6 is 0 Å². The summed E-state index contributed by atoms with van der Waals surface area (Å²) in [6, 6.07) is 0. The van der Waals surface area contributed by atoms with Crippen molar-refractivity contribution in [2.75, 3.05) is 13.2 Å². The molecule has 1 atom stereocenters. The molecule has 0 amide bonds. The highest BCUT2D eigenvalue weighted by atomic mass is 16.5. The molecule has 0 fully saturated rings. The Hall–Kier alpha value is -1.32. The molecule has 0 aromatic heterocycles. The quantitative estimate of drug-likeness (QED) is 0.514. The van der Waals surface area contributed by atoms with Crippen molar-refractivity contribution in [3.8, 4) is 11.5 Å². The van der Waals surface area contributed by atoms with Gasteiger partial charge in [-0.15, -0.1) is 0 Å². The summed E-state index contributed by atoms with van der Waals surface area (Å²) < 4.78 is 10.6. The predicted molar refractivity (Wildman–Crippen MR) is 66.7 cm³/mol. The monoisotopic (exact) mass is 240 g/mol. The van der Waals surface area contributed by atoms with Gasteiger partial charge >= 0.3 is 0 Å². The van der Waals surface area contributed by atoms with Crippen molar-refractivity contribution in [1.29, 1.82) is 0 Å². The molecule has 0 aliphatic carbocycles. The summed E-state index contributed by atoms with van der Waals surface area (Å²) in [6.45, 7) is 7.02. The molecule has 0 aliphatic rings. The molecule has 1 aromatic carbocycles. The van der Waals surface area contributed by atoms with E-state index >= 15 is 0 Å². The number of hydrogen-bond donors (Lipinski definition) is 0. The minimum Gasteiger partial charge on any atom is -0.486 e. The van der Waals surface area contributed by atoms with Crippen LogP contribution in [0.3, 0.4) is 0 Å². The standard InChI is InChI=1S/C13H20O4/c1-4-6-7-16-12-10(14)11(15)13(12)17-8-9(3)5-2/h9H,4-8H2,1-3H3. The van der Waals surface area contributed by atoms with Crippen LogP contribution in [0.15, 0.2) is 9.59 Å². The van der Waals surface area contributed by atoms with Crippen molar-refractivity contribution in [2.45, 2.75) is 40.0 Å². The zero-order valence-corrected chi connectivity index (χ0v) is 10.7. The summed E-state index contributed by atoms with van der Waals surface area (Å²) in [4.78, 5) is 22.6. The first-order valence-electron chi connectivity index (χ1n) is 6.20. The molecule has 0 bridgehead atoms. The van der Waals surface area contributed by atoms with E-state index in [0.717, 1.165) is 19.3 Å². The van der Waals surface area contributed by atoms with E-state index in [9.17, 15) is 9.59 Å². The van der Waals surface area contributed by atoms with E-state index in [1.165, 1.54) is 0 Å². The van der Waals surface area contributed by atoms with Crippen molar-refractivity contribution >= 4 is 0 Å². The molecule has 0 saturated carbocycles. The van der Waals surface area contributed by atoms with Gasteiger partial charge in [0.15, 0.2) is 0 Å². The highest BCUT2D eigenvalue weighted by Gasteiger charge is 2.24. The van der Waals surface area contributed by atoms with Crippen LogP contribution in [0.2, 0.25) is 0 Å². The molecule has 96 valence electrons. The van der Waals surface area contributed by atoms with Crippen LogP contribution in [0.1, 0.15) is 40.0 Å². The van der Waals surface area contributed by atoms with Crippen LogP contribution in [0.4, 0.5) is 0 Å². The van der Waals surface area contributed by atoms with Gasteiger partial charge in [-0.05, 0) is 12.3 Å². The smallest absolute Gasteiger partial charge is 0.275 e. The van der Waals surface area contributed by atoms with Crippen LogP contribution in [-0.2, 0) is 0 Å². The Morgan fingerprint density at radius 3 is 2.18 bits per heavy atom. The zero-order valence-electron chi connectivity index (χ0n) is 10.7. The average Bonchev–Trinajstić information content (AvgIpc) is 2.35. The van der Waals surface area contributed by atoms with Gasteiger partial charge in [0.2, 0.25) is 11.5 Å². The molecular formula is C13H20O4. The van der Waals surface area contributed by atoms with Gasteiger partial charge in [0.05, 0.1) is 13.2 Å². The van der Waals surface area contributed by atoms with Gasteiger partial charge in [0, 0.05) is 0 Å². The van der Waals surface area contributed by atoms with Gasteiger partial charge in [0.25, 0.3) is 10.9 Å². The lowest BCUT2D eigenvalue weighted by Crippen LogP contribution is -2.35. The molecule has 0 heterocycles. The molecule has 0 spiro atoms. The first-order valence-corrected chi connectivity index (χ1v) is 6.20. The summed E-state index contributed by atoms with van der Waals surface area (Å²) in [5.41, 5.74) is -1.11. The van der Waals surface area contributed by atoms with E-state index in [1.807, 2.05) is 13.8 Å². The van der Waals surface area contributed by atoms with Crippen LogP contribution in [0, 0.1) is 5.92 Å². The molecule has 0 N–H and O–H groups in total. The Labute approximate surface area is 101 Å². The fourth-order valence-corrected chi connectivity index (χ4v) is 1.27. The highest BCUT2D eigenvalue weighted by molar-refractivity contribution is 5.45. The minimum atomic E-state index is -0.556. The second-order valence-electron chi connectivity index (χ2n) is 4.34. The lowest BCUT2D eigenvalue weighted by atomic mass is 10.1. The van der Waals surface area contributed by atoms with Crippen LogP contribution in [-0.4, -0.2) is 13.2 Å². The molecule has 4 heteroatoms. The molecule has 1 aromatic rings. The van der Waals surface area contributed by atoms with E-state index in [2.05, 4.69) is 6.92 Å². The van der Waals surface area contributed by atoms with Crippen molar-refractivity contribution in [3.63, 3.8) is 0 Å². The summed E-state index contributed by atoms with van der Waals surface area (Å²) in [7, 11) is 0. The molecule has 0 radical (unpaired) electrons. The van der Waals surface area contributed by atoms with E-state index in [1.54, 1.807) is 0 Å². The SMILES string of the molecule is CCCCOc1c(OCC(C)CC)c(=O)c1=O. The maximum atomic E-state index is 11.3. The molecule has 1 unspecified atom stereocenters. The van der Waals surface area contributed by atoms with Gasteiger partial charge in [0.1, 0.15) is 0 Å². The Kier molecular flexibility index (Phi) is 5.19. The van der Waals surface area contributed by atoms with Gasteiger partial charge in [-0.25, -0.2) is 0 Å². The number of unbranched alkanes of at least 4 members (excludes halogenated alkanes) is 1. The molecule has 4 nitrogen and oxygen atoms in total. The summed E-state index contributed by atoms with van der Waals surface area (Å²) in [6.07, 6.45) is 2.82. The lowest BCUT2D eigenvalue weighted by molar-refractivity contribution is 0.223. The normalized spacial score (nSPS) is 12.6. The van der Waals surface area contributed by atoms with E-state index in [-0.39, 0.29) is 11.5 Å². The third-order valence-corrected chi connectivity index (χ3v) is 2.78. The molecular weight excluding hydrogens is 220 g/mol. The van der Waals surface area contributed by atoms with Crippen LogP contribution in [0.25, 0.3) is 0 Å². The largest absolute Gasteiger partial charge is 0.486 e. The van der Waals surface area contributed by atoms with E-state index < -0.39 is 10.9 Å². The maximum absolute atomic E-state index is 11.3. The topological polar surface area (TPSA) is 52.6 Å². The summed E-state index contributed by atoms with van der Waals surface area (Å²) in [5.74, 6) is 0.598. The first-order chi connectivity index (χ1) is 8.11. The summed E-state index contributed by atoms with van der Waals surface area (Å²) in [5, 5.41) is 0. The van der Waals surface area contributed by atoms with Gasteiger partial charge in [-0.3, -0.25) is 9.59 Å². The molecule has 0 aliphatic heterocycles. The zero-order chi connectivity index (χ0) is 12.8. The Morgan fingerprint density at radius 2 is 1.65 bits per heavy atom. The van der Waals surface area contributed by atoms with Crippen molar-refractivity contribution < 1.29 is 9.47 Å². The fourth-order valence-electron chi connectivity index (χ4n) is 1.27. The Balaban J connectivity index is 2.56. The Morgan fingerprint density at radius 1 is 1.06 bits per heavy atom. The van der Waals surface area contributed by atoms with Crippen molar-refractivity contribution in [3.05, 3.63) is 20.4 Å². The van der Waals surface area contributed by atoms with Crippen LogP contribution < -0.4 is 20.3 Å². The minimum absolute atomic E-state index is 0.117. The average molecular weight is 240 g/mol. The third-order valence-electron chi connectivity index (χ3n) is 2.78. The lowest BCUT2D eigenvalue weighted by Gasteiger charge is -2.15. The van der Waals surface area contributed by atoms with Gasteiger partial charge < -0.3 is 9.47 Å². The number of rotatable bonds is 8. The Bertz CT molecular complexity index is 415. The maximum Gasteiger partial charge on any atom is 0.275 e. The highest BCUT2D eigenvalue weighted by Crippen LogP contribution is 2.21. The van der Waals surface area contributed by atoms with Crippen LogP contribution in [0.5, 0.6) is 11.5 Å². The number of ether oxygens (including phenoxy) is 2. The molecule has 0 saturated heterocycles.